The van der Waals surface area contributed by atoms with Gasteiger partial charge in [0.25, 0.3) is 0 Å². The molecule has 1 aliphatic heterocycles. The van der Waals surface area contributed by atoms with Gasteiger partial charge in [-0.05, 0) is 13.8 Å². The van der Waals surface area contributed by atoms with Crippen molar-refractivity contribution in [2.45, 2.75) is 26.1 Å². The third-order valence-electron chi connectivity index (χ3n) is 1.79. The topological polar surface area (TPSA) is 27.7 Å². The van der Waals surface area contributed by atoms with E-state index < -0.39 is 0 Å². The van der Waals surface area contributed by atoms with E-state index in [1.165, 1.54) is 0 Å². The zero-order valence-corrected chi connectivity index (χ0v) is 7.66. The van der Waals surface area contributed by atoms with Crippen molar-refractivity contribution in [3.05, 3.63) is 12.3 Å². The summed E-state index contributed by atoms with van der Waals surface area (Å²) >= 11 is 0. The second-order valence-electron chi connectivity index (χ2n) is 2.79. The molecule has 0 aromatic carbocycles. The zero-order chi connectivity index (χ0) is 8.81. The van der Waals surface area contributed by atoms with Gasteiger partial charge in [-0.25, -0.2) is 0 Å². The van der Waals surface area contributed by atoms with Gasteiger partial charge in [-0.15, -0.1) is 0 Å². The van der Waals surface area contributed by atoms with Crippen molar-refractivity contribution in [3.8, 4) is 0 Å². The molecule has 0 spiro atoms. The fourth-order valence-corrected chi connectivity index (χ4v) is 1.07. The van der Waals surface area contributed by atoms with Crippen molar-refractivity contribution >= 4 is 0 Å². The monoisotopic (exact) mass is 172 g/mol. The maximum Gasteiger partial charge on any atom is 0.123 e. The lowest BCUT2D eigenvalue weighted by Gasteiger charge is -2.27. The van der Waals surface area contributed by atoms with E-state index in [4.69, 9.17) is 14.2 Å². The van der Waals surface area contributed by atoms with Crippen LogP contribution in [0.3, 0.4) is 0 Å². The predicted octanol–water partition coefficient (Wildman–Crippen LogP) is 1.34. The zero-order valence-electron chi connectivity index (χ0n) is 7.66. The first kappa shape index (κ1) is 9.55. The summed E-state index contributed by atoms with van der Waals surface area (Å²) in [7, 11) is 0. The van der Waals surface area contributed by atoms with Crippen molar-refractivity contribution in [1.82, 2.24) is 0 Å². The van der Waals surface area contributed by atoms with Crippen LogP contribution in [-0.2, 0) is 14.2 Å². The van der Waals surface area contributed by atoms with Gasteiger partial charge < -0.3 is 14.2 Å². The molecule has 3 heteroatoms. The van der Waals surface area contributed by atoms with Gasteiger partial charge in [0.05, 0.1) is 26.1 Å². The van der Waals surface area contributed by atoms with Crippen molar-refractivity contribution < 1.29 is 14.2 Å². The average Bonchev–Trinajstić information content (AvgIpc) is 2.15. The van der Waals surface area contributed by atoms with E-state index in [-0.39, 0.29) is 12.2 Å². The van der Waals surface area contributed by atoms with Gasteiger partial charge in [0.2, 0.25) is 0 Å². The van der Waals surface area contributed by atoms with Crippen LogP contribution in [0.4, 0.5) is 0 Å². The van der Waals surface area contributed by atoms with E-state index >= 15 is 0 Å². The highest BCUT2D eigenvalue weighted by atomic mass is 16.6. The molecule has 0 N–H and O–H groups in total. The van der Waals surface area contributed by atoms with Crippen LogP contribution in [0, 0.1) is 0 Å². The standard InChI is InChI=1S/C9H16O3/c1-3-4-11-8(2)9-7-10-5-6-12-9/h3-4,8-9H,5-7H2,1-2H3/b4-3+. The molecule has 0 radical (unpaired) electrons. The molecule has 1 aliphatic rings. The van der Waals surface area contributed by atoms with Crippen molar-refractivity contribution in [2.75, 3.05) is 19.8 Å². The summed E-state index contributed by atoms with van der Waals surface area (Å²) in [6.45, 7) is 5.92. The number of allylic oxidation sites excluding steroid dienone is 1. The summed E-state index contributed by atoms with van der Waals surface area (Å²) in [4.78, 5) is 0. The molecule has 12 heavy (non-hydrogen) atoms. The molecule has 1 rings (SSSR count). The van der Waals surface area contributed by atoms with Gasteiger partial charge in [0.1, 0.15) is 12.2 Å². The fraction of sp³-hybridized carbons (Fsp3) is 0.778. The molecule has 3 nitrogen and oxygen atoms in total. The summed E-state index contributed by atoms with van der Waals surface area (Å²) in [5, 5.41) is 0. The molecule has 1 fully saturated rings. The smallest absolute Gasteiger partial charge is 0.123 e. The largest absolute Gasteiger partial charge is 0.496 e. The number of hydrogen-bond acceptors (Lipinski definition) is 3. The highest BCUT2D eigenvalue weighted by Gasteiger charge is 2.21. The van der Waals surface area contributed by atoms with Crippen LogP contribution in [-0.4, -0.2) is 32.0 Å². The Morgan fingerprint density at radius 2 is 2.33 bits per heavy atom. The Balaban J connectivity index is 2.24. The fourth-order valence-electron chi connectivity index (χ4n) is 1.07. The first-order chi connectivity index (χ1) is 5.84. The molecule has 0 aromatic heterocycles. The highest BCUT2D eigenvalue weighted by molar-refractivity contribution is 4.73. The average molecular weight is 172 g/mol. The summed E-state index contributed by atoms with van der Waals surface area (Å²) < 4.78 is 16.1. The van der Waals surface area contributed by atoms with Gasteiger partial charge in [-0.2, -0.15) is 0 Å². The molecule has 2 atom stereocenters. The maximum absolute atomic E-state index is 5.45. The molecule has 0 saturated carbocycles. The second kappa shape index (κ2) is 5.17. The minimum atomic E-state index is 0.0708. The summed E-state index contributed by atoms with van der Waals surface area (Å²) in [6, 6.07) is 0. The van der Waals surface area contributed by atoms with Crippen LogP contribution >= 0.6 is 0 Å². The van der Waals surface area contributed by atoms with Crippen LogP contribution in [0.1, 0.15) is 13.8 Å². The molecule has 2 unspecified atom stereocenters. The van der Waals surface area contributed by atoms with Crippen LogP contribution < -0.4 is 0 Å². The van der Waals surface area contributed by atoms with Gasteiger partial charge in [-0.3, -0.25) is 0 Å². The minimum Gasteiger partial charge on any atom is -0.496 e. The third kappa shape index (κ3) is 2.83. The molecule has 0 aliphatic carbocycles. The predicted molar refractivity (Wildman–Crippen MR) is 45.9 cm³/mol. The Labute approximate surface area is 73.3 Å². The minimum absolute atomic E-state index is 0.0708. The van der Waals surface area contributed by atoms with Crippen LogP contribution in [0.5, 0.6) is 0 Å². The molecule has 70 valence electrons. The second-order valence-corrected chi connectivity index (χ2v) is 2.79. The summed E-state index contributed by atoms with van der Waals surface area (Å²) in [6.07, 6.45) is 3.69. The van der Waals surface area contributed by atoms with E-state index in [2.05, 4.69) is 0 Å². The lowest BCUT2D eigenvalue weighted by Crippen LogP contribution is -2.37. The Morgan fingerprint density at radius 1 is 1.50 bits per heavy atom. The highest BCUT2D eigenvalue weighted by Crippen LogP contribution is 2.08. The van der Waals surface area contributed by atoms with E-state index in [1.807, 2.05) is 19.9 Å². The third-order valence-corrected chi connectivity index (χ3v) is 1.79. The Kier molecular flexibility index (Phi) is 4.11. The lowest BCUT2D eigenvalue weighted by molar-refractivity contribution is -0.129. The molecular weight excluding hydrogens is 156 g/mol. The first-order valence-corrected chi connectivity index (χ1v) is 4.30. The number of hydrogen-bond donors (Lipinski definition) is 0. The van der Waals surface area contributed by atoms with Crippen molar-refractivity contribution in [1.29, 1.82) is 0 Å². The van der Waals surface area contributed by atoms with Gasteiger partial charge >= 0.3 is 0 Å². The SMILES string of the molecule is C/C=C/OC(C)C1COCCO1. The van der Waals surface area contributed by atoms with Gasteiger partial charge in [0.15, 0.2) is 0 Å². The lowest BCUT2D eigenvalue weighted by atomic mass is 10.2. The molecular formula is C9H16O3. The molecule has 0 amide bonds. The van der Waals surface area contributed by atoms with Crippen LogP contribution in [0.2, 0.25) is 0 Å². The summed E-state index contributed by atoms with van der Waals surface area (Å²) in [5.41, 5.74) is 0. The van der Waals surface area contributed by atoms with Crippen molar-refractivity contribution in [3.63, 3.8) is 0 Å². The van der Waals surface area contributed by atoms with E-state index in [9.17, 15) is 0 Å². The Hall–Kier alpha value is -0.540. The Bertz CT molecular complexity index is 139. The summed E-state index contributed by atoms with van der Waals surface area (Å²) in [5.74, 6) is 0. The van der Waals surface area contributed by atoms with Crippen molar-refractivity contribution in [2.24, 2.45) is 0 Å². The molecule has 1 heterocycles. The van der Waals surface area contributed by atoms with Crippen LogP contribution in [0.25, 0.3) is 0 Å². The van der Waals surface area contributed by atoms with E-state index in [0.717, 1.165) is 0 Å². The number of ether oxygens (including phenoxy) is 3. The maximum atomic E-state index is 5.45. The quantitative estimate of drug-likeness (QED) is 0.601. The molecule has 0 aromatic rings. The first-order valence-electron chi connectivity index (χ1n) is 4.30. The van der Waals surface area contributed by atoms with E-state index in [1.54, 1.807) is 6.26 Å². The molecule has 0 bridgehead atoms. The Morgan fingerprint density at radius 3 is 2.92 bits per heavy atom. The van der Waals surface area contributed by atoms with E-state index in [0.29, 0.717) is 19.8 Å². The van der Waals surface area contributed by atoms with Gasteiger partial charge in [0, 0.05) is 0 Å². The van der Waals surface area contributed by atoms with Crippen LogP contribution in [0.15, 0.2) is 12.3 Å². The molecule has 1 saturated heterocycles. The number of rotatable bonds is 3. The normalized spacial score (nSPS) is 27.3. The van der Waals surface area contributed by atoms with Gasteiger partial charge in [-0.1, -0.05) is 6.08 Å².